The number of rotatable bonds is 4. The van der Waals surface area contributed by atoms with Gasteiger partial charge in [0.1, 0.15) is 29.3 Å². The van der Waals surface area contributed by atoms with E-state index in [-0.39, 0.29) is 12.3 Å². The van der Waals surface area contributed by atoms with Gasteiger partial charge >= 0.3 is 0 Å². The molecule has 0 aliphatic carbocycles. The summed E-state index contributed by atoms with van der Waals surface area (Å²) in [5, 5.41) is 15.0. The monoisotopic (exact) mass is 691 g/mol. The van der Waals surface area contributed by atoms with E-state index in [1.165, 1.54) is 51.5 Å². The van der Waals surface area contributed by atoms with Gasteiger partial charge in [-0.1, -0.05) is 121 Å². The van der Waals surface area contributed by atoms with E-state index >= 15 is 0 Å². The van der Waals surface area contributed by atoms with Crippen LogP contribution in [0.3, 0.4) is 0 Å². The van der Waals surface area contributed by atoms with Gasteiger partial charge in [0.25, 0.3) is 0 Å². The molecule has 0 saturated heterocycles. The summed E-state index contributed by atoms with van der Waals surface area (Å²) in [6.07, 6.45) is -0.359. The Kier molecular flexibility index (Phi) is 6.46. The van der Waals surface area contributed by atoms with Gasteiger partial charge < -0.3 is 9.73 Å². The molecule has 1 aliphatic rings. The molecule has 51 heavy (non-hydrogen) atoms. The second kappa shape index (κ2) is 11.4. The van der Waals surface area contributed by atoms with E-state index in [4.69, 9.17) is 9.41 Å². The van der Waals surface area contributed by atoms with Crippen molar-refractivity contribution in [3.63, 3.8) is 0 Å². The first kappa shape index (κ1) is 29.0. The lowest BCUT2D eigenvalue weighted by molar-refractivity contribution is 0.409. The Balaban J connectivity index is 1.04. The first-order valence-electron chi connectivity index (χ1n) is 17.2. The molecule has 4 nitrogen and oxygen atoms in total. The van der Waals surface area contributed by atoms with Crippen molar-refractivity contribution >= 4 is 90.8 Å². The normalized spacial score (nSPS) is 16.4. The van der Waals surface area contributed by atoms with Gasteiger partial charge in [0.15, 0.2) is 0 Å². The molecule has 1 aliphatic heterocycles. The standard InChI is InChI=1S/C45H29N3OS2/c1-2-11-26(12-3-1)43-46-44(48-45(47-43)35-20-10-17-32-29-14-5-7-22-38(29)50-42(32)35)27-23-24-39-36(25-27)34-19-9-18-33(41(34)51-39)31-16-8-15-30-28-13-4-6-21-37(28)49-40(30)31/h1-25,43-44,46H,(H,47,48). The molecule has 7 aromatic carbocycles. The summed E-state index contributed by atoms with van der Waals surface area (Å²) >= 11 is 3.68. The molecule has 2 unspecified atom stereocenters. The Hall–Kier alpha value is -5.79. The van der Waals surface area contributed by atoms with Crippen LogP contribution in [0.2, 0.25) is 0 Å². The molecule has 0 bridgehead atoms. The van der Waals surface area contributed by atoms with Crippen molar-refractivity contribution in [1.29, 1.82) is 0 Å². The average Bonchev–Trinajstić information content (AvgIpc) is 3.89. The molecule has 11 rings (SSSR count). The maximum atomic E-state index is 6.47. The molecule has 0 amide bonds. The molecule has 2 N–H and O–H groups in total. The summed E-state index contributed by atoms with van der Waals surface area (Å²) in [7, 11) is 0. The predicted octanol–water partition coefficient (Wildman–Crippen LogP) is 12.3. The van der Waals surface area contributed by atoms with Crippen molar-refractivity contribution in [2.75, 3.05) is 0 Å². The summed E-state index contributed by atoms with van der Waals surface area (Å²) in [6, 6.07) is 54.1. The summed E-state index contributed by atoms with van der Waals surface area (Å²) in [5.74, 6) is 0.904. The largest absolute Gasteiger partial charge is 0.455 e. The molecule has 10 aromatic rings. The van der Waals surface area contributed by atoms with Crippen LogP contribution in [0.5, 0.6) is 0 Å². The summed E-state index contributed by atoms with van der Waals surface area (Å²) in [4.78, 5) is 5.30. The highest BCUT2D eigenvalue weighted by atomic mass is 32.1. The van der Waals surface area contributed by atoms with Crippen molar-refractivity contribution < 1.29 is 4.42 Å². The van der Waals surface area contributed by atoms with E-state index in [0.29, 0.717) is 0 Å². The minimum Gasteiger partial charge on any atom is -0.455 e. The predicted molar refractivity (Wildman–Crippen MR) is 216 cm³/mol. The zero-order chi connectivity index (χ0) is 33.5. The van der Waals surface area contributed by atoms with Crippen LogP contribution in [0, 0.1) is 0 Å². The van der Waals surface area contributed by atoms with E-state index in [2.05, 4.69) is 156 Å². The Morgan fingerprint density at radius 2 is 1.14 bits per heavy atom. The Bertz CT molecular complexity index is 3010. The zero-order valence-electron chi connectivity index (χ0n) is 27.3. The maximum Gasteiger partial charge on any atom is 0.143 e. The molecular formula is C45H29N3OS2. The van der Waals surface area contributed by atoms with Crippen molar-refractivity contribution in [2.24, 2.45) is 4.99 Å². The summed E-state index contributed by atoms with van der Waals surface area (Å²) in [5.41, 5.74) is 7.61. The number of benzene rings is 7. The van der Waals surface area contributed by atoms with Crippen LogP contribution in [-0.2, 0) is 0 Å². The quantitative estimate of drug-likeness (QED) is 0.193. The van der Waals surface area contributed by atoms with E-state index in [1.807, 2.05) is 28.7 Å². The number of thiophene rings is 2. The van der Waals surface area contributed by atoms with Gasteiger partial charge in [-0.25, -0.2) is 4.99 Å². The fraction of sp³-hybridized carbons (Fsp3) is 0.0444. The number of fused-ring (bicyclic) bond motifs is 9. The average molecular weight is 692 g/mol. The van der Waals surface area contributed by atoms with E-state index in [9.17, 15) is 0 Å². The lowest BCUT2D eigenvalue weighted by Crippen LogP contribution is -2.45. The van der Waals surface area contributed by atoms with Crippen molar-refractivity contribution in [2.45, 2.75) is 12.3 Å². The molecule has 0 radical (unpaired) electrons. The highest BCUT2D eigenvalue weighted by Gasteiger charge is 2.27. The van der Waals surface area contributed by atoms with Crippen LogP contribution >= 0.6 is 22.7 Å². The second-order valence-corrected chi connectivity index (χ2v) is 15.2. The molecule has 6 heteroatoms. The van der Waals surface area contributed by atoms with Crippen molar-refractivity contribution in [3.05, 3.63) is 168 Å². The topological polar surface area (TPSA) is 49.6 Å². The number of hydrogen-bond acceptors (Lipinski definition) is 6. The van der Waals surface area contributed by atoms with Crippen LogP contribution in [0.25, 0.3) is 73.4 Å². The number of aliphatic imine (C=N–C) groups is 1. The summed E-state index contributed by atoms with van der Waals surface area (Å²) < 4.78 is 11.5. The van der Waals surface area contributed by atoms with E-state index < -0.39 is 0 Å². The zero-order valence-corrected chi connectivity index (χ0v) is 28.9. The minimum atomic E-state index is -0.206. The molecule has 242 valence electrons. The lowest BCUT2D eigenvalue weighted by atomic mass is 9.99. The SMILES string of the molecule is c1ccc(C2N=C(c3cccc4c3sc3ccccc34)NC(c3ccc4sc5c(-c6cccc7c6oc6ccccc67)cccc5c4c3)N2)cc1. The van der Waals surface area contributed by atoms with Crippen LogP contribution in [0.15, 0.2) is 161 Å². The fourth-order valence-corrected chi connectivity index (χ4v) is 10.2. The number of nitrogens with one attached hydrogen (secondary N) is 2. The highest BCUT2D eigenvalue weighted by Crippen LogP contribution is 2.44. The van der Waals surface area contributed by atoms with E-state index in [1.54, 1.807) is 0 Å². The van der Waals surface area contributed by atoms with Gasteiger partial charge in [0, 0.05) is 67.8 Å². The molecular weight excluding hydrogens is 663 g/mol. The molecule has 0 saturated carbocycles. The molecule has 0 spiro atoms. The first-order chi connectivity index (χ1) is 25.3. The second-order valence-electron chi connectivity index (χ2n) is 13.1. The maximum absolute atomic E-state index is 6.47. The number of hydrogen-bond donors (Lipinski definition) is 2. The van der Waals surface area contributed by atoms with Crippen LogP contribution < -0.4 is 10.6 Å². The van der Waals surface area contributed by atoms with Crippen molar-refractivity contribution in [3.8, 4) is 11.1 Å². The van der Waals surface area contributed by atoms with Gasteiger partial charge in [0.2, 0.25) is 0 Å². The number of furan rings is 1. The van der Waals surface area contributed by atoms with Gasteiger partial charge in [-0.2, -0.15) is 0 Å². The Labute approximate surface area is 301 Å². The highest BCUT2D eigenvalue weighted by molar-refractivity contribution is 7.26. The van der Waals surface area contributed by atoms with Crippen molar-refractivity contribution in [1.82, 2.24) is 10.6 Å². The third kappa shape index (κ3) is 4.58. The van der Waals surface area contributed by atoms with Crippen LogP contribution in [0.1, 0.15) is 29.0 Å². The molecule has 0 fully saturated rings. The first-order valence-corrected chi connectivity index (χ1v) is 18.8. The third-order valence-corrected chi connectivity index (χ3v) is 12.6. The Morgan fingerprint density at radius 3 is 2.00 bits per heavy atom. The van der Waals surface area contributed by atoms with Crippen LogP contribution in [-0.4, -0.2) is 5.84 Å². The molecule has 4 heterocycles. The number of amidine groups is 1. The third-order valence-electron chi connectivity index (χ3n) is 10.2. The smallest absolute Gasteiger partial charge is 0.143 e. The van der Waals surface area contributed by atoms with Gasteiger partial charge in [-0.3, -0.25) is 5.32 Å². The lowest BCUT2D eigenvalue weighted by Gasteiger charge is -2.32. The molecule has 3 aromatic heterocycles. The number of nitrogens with zero attached hydrogens (tertiary/aromatic N) is 1. The summed E-state index contributed by atoms with van der Waals surface area (Å²) in [6.45, 7) is 0. The Morgan fingerprint density at radius 1 is 0.490 bits per heavy atom. The fourth-order valence-electron chi connectivity index (χ4n) is 7.77. The minimum absolute atomic E-state index is 0.154. The van der Waals surface area contributed by atoms with Gasteiger partial charge in [-0.15, -0.1) is 22.7 Å². The van der Waals surface area contributed by atoms with Crippen LogP contribution in [0.4, 0.5) is 0 Å². The van der Waals surface area contributed by atoms with E-state index in [0.717, 1.165) is 44.5 Å². The van der Waals surface area contributed by atoms with Gasteiger partial charge in [-0.05, 0) is 41.5 Å². The van der Waals surface area contributed by atoms with Gasteiger partial charge in [0.05, 0.1) is 0 Å². The molecule has 2 atom stereocenters. The number of para-hydroxylation sites is 2.